The first-order valence-corrected chi connectivity index (χ1v) is 5.56. The van der Waals surface area contributed by atoms with Crippen molar-refractivity contribution in [1.82, 2.24) is 5.32 Å². The van der Waals surface area contributed by atoms with Crippen LogP contribution in [0.4, 0.5) is 0 Å². The number of methoxy groups -OCH3 is 2. The zero-order chi connectivity index (χ0) is 12.0. The molecule has 0 spiro atoms. The van der Waals surface area contributed by atoms with Crippen LogP contribution < -0.4 is 14.8 Å². The van der Waals surface area contributed by atoms with Crippen molar-refractivity contribution in [1.29, 1.82) is 0 Å². The van der Waals surface area contributed by atoms with Gasteiger partial charge in [0, 0.05) is 6.54 Å². The van der Waals surface area contributed by atoms with Crippen LogP contribution in [0.2, 0.25) is 0 Å². The molecule has 94 valence electrons. The maximum Gasteiger partial charge on any atom is 0.174 e. The normalized spacial score (nSPS) is 9.06. The Balaban J connectivity index is 0.00000256. The van der Waals surface area contributed by atoms with Gasteiger partial charge in [0.2, 0.25) is 0 Å². The van der Waals surface area contributed by atoms with Crippen molar-refractivity contribution in [2.45, 2.75) is 6.54 Å². The highest BCUT2D eigenvalue weighted by Crippen LogP contribution is 2.36. The van der Waals surface area contributed by atoms with Crippen molar-refractivity contribution in [3.8, 4) is 23.8 Å². The fourth-order valence-electron chi connectivity index (χ4n) is 1.35. The molecular formula is C12H15BrClNO2. The van der Waals surface area contributed by atoms with E-state index in [1.807, 2.05) is 12.1 Å². The minimum atomic E-state index is 0. The molecule has 3 nitrogen and oxygen atoms in total. The van der Waals surface area contributed by atoms with E-state index in [2.05, 4.69) is 27.2 Å². The summed E-state index contributed by atoms with van der Waals surface area (Å²) in [5.41, 5.74) is 1.08. The molecule has 1 N–H and O–H groups in total. The molecule has 0 radical (unpaired) electrons. The number of nitrogens with one attached hydrogen (secondary N) is 1. The lowest BCUT2D eigenvalue weighted by atomic mass is 10.2. The Hall–Kier alpha value is -0.890. The highest BCUT2D eigenvalue weighted by Gasteiger charge is 2.09. The molecule has 0 aliphatic rings. The monoisotopic (exact) mass is 319 g/mol. The van der Waals surface area contributed by atoms with Crippen molar-refractivity contribution in [2.75, 3.05) is 20.8 Å². The SMILES string of the molecule is C#CCNCc1cc(Br)c(OC)c(OC)c1.Cl. The van der Waals surface area contributed by atoms with Gasteiger partial charge in [0.1, 0.15) is 0 Å². The second-order valence-electron chi connectivity index (χ2n) is 3.12. The number of halogens is 2. The van der Waals surface area contributed by atoms with E-state index in [0.29, 0.717) is 24.6 Å². The van der Waals surface area contributed by atoms with E-state index in [-0.39, 0.29) is 12.4 Å². The van der Waals surface area contributed by atoms with Crippen LogP contribution in [0.25, 0.3) is 0 Å². The van der Waals surface area contributed by atoms with Gasteiger partial charge in [0.05, 0.1) is 25.2 Å². The largest absolute Gasteiger partial charge is 0.493 e. The fourth-order valence-corrected chi connectivity index (χ4v) is 2.00. The first-order valence-electron chi connectivity index (χ1n) is 4.77. The molecule has 0 aliphatic carbocycles. The Labute approximate surface area is 116 Å². The molecule has 0 fully saturated rings. The molecule has 0 saturated carbocycles. The predicted molar refractivity (Wildman–Crippen MR) is 75.0 cm³/mol. The van der Waals surface area contributed by atoms with Gasteiger partial charge in [-0.25, -0.2) is 0 Å². The maximum absolute atomic E-state index is 5.24. The third kappa shape index (κ3) is 4.47. The minimum Gasteiger partial charge on any atom is -0.493 e. The average Bonchev–Trinajstić information content (AvgIpc) is 2.28. The van der Waals surface area contributed by atoms with Crippen molar-refractivity contribution < 1.29 is 9.47 Å². The summed E-state index contributed by atoms with van der Waals surface area (Å²) in [5.74, 6) is 3.93. The summed E-state index contributed by atoms with van der Waals surface area (Å²) in [4.78, 5) is 0. The number of hydrogen-bond acceptors (Lipinski definition) is 3. The topological polar surface area (TPSA) is 30.5 Å². The number of terminal acetylenes is 1. The van der Waals surface area contributed by atoms with E-state index in [4.69, 9.17) is 15.9 Å². The molecule has 0 amide bonds. The van der Waals surface area contributed by atoms with Crippen molar-refractivity contribution >= 4 is 28.3 Å². The standard InChI is InChI=1S/C12H14BrNO2.ClH/c1-4-5-14-8-9-6-10(13)12(16-3)11(7-9)15-2;/h1,6-7,14H,5,8H2,2-3H3;1H. The lowest BCUT2D eigenvalue weighted by Crippen LogP contribution is -2.13. The van der Waals surface area contributed by atoms with Crippen molar-refractivity contribution in [2.24, 2.45) is 0 Å². The van der Waals surface area contributed by atoms with E-state index in [0.717, 1.165) is 10.0 Å². The molecule has 1 aromatic carbocycles. The minimum absolute atomic E-state index is 0. The van der Waals surface area contributed by atoms with Crippen molar-refractivity contribution in [3.05, 3.63) is 22.2 Å². The van der Waals surface area contributed by atoms with Gasteiger partial charge in [-0.15, -0.1) is 18.8 Å². The number of benzene rings is 1. The van der Waals surface area contributed by atoms with Gasteiger partial charge in [-0.3, -0.25) is 0 Å². The third-order valence-corrected chi connectivity index (χ3v) is 2.64. The molecule has 5 heteroatoms. The Morgan fingerprint density at radius 1 is 1.35 bits per heavy atom. The second-order valence-corrected chi connectivity index (χ2v) is 3.98. The van der Waals surface area contributed by atoms with Crippen LogP contribution in [0.15, 0.2) is 16.6 Å². The van der Waals surface area contributed by atoms with Gasteiger partial charge >= 0.3 is 0 Å². The van der Waals surface area contributed by atoms with Crippen LogP contribution in [0.5, 0.6) is 11.5 Å². The molecule has 0 unspecified atom stereocenters. The molecule has 0 heterocycles. The summed E-state index contributed by atoms with van der Waals surface area (Å²) in [6.07, 6.45) is 5.16. The summed E-state index contributed by atoms with van der Waals surface area (Å²) in [7, 11) is 3.22. The van der Waals surface area contributed by atoms with Crippen LogP contribution in [0.3, 0.4) is 0 Å². The molecule has 1 rings (SSSR count). The number of ether oxygens (including phenoxy) is 2. The number of hydrogen-bond donors (Lipinski definition) is 1. The van der Waals surface area contributed by atoms with Gasteiger partial charge in [0.25, 0.3) is 0 Å². The highest BCUT2D eigenvalue weighted by molar-refractivity contribution is 9.10. The van der Waals surface area contributed by atoms with Crippen LogP contribution in [-0.4, -0.2) is 20.8 Å². The molecule has 0 aliphatic heterocycles. The number of rotatable bonds is 5. The summed E-state index contributed by atoms with van der Waals surface area (Å²) < 4.78 is 11.3. The van der Waals surface area contributed by atoms with E-state index in [1.165, 1.54) is 0 Å². The van der Waals surface area contributed by atoms with Crippen LogP contribution in [0.1, 0.15) is 5.56 Å². The van der Waals surface area contributed by atoms with Gasteiger partial charge in [-0.1, -0.05) is 5.92 Å². The summed E-state index contributed by atoms with van der Waals surface area (Å²) >= 11 is 3.43. The highest BCUT2D eigenvalue weighted by atomic mass is 79.9. The maximum atomic E-state index is 5.24. The predicted octanol–water partition coefficient (Wildman–Crippen LogP) is 2.61. The molecule has 1 aromatic rings. The van der Waals surface area contributed by atoms with E-state index in [1.54, 1.807) is 14.2 Å². The smallest absolute Gasteiger partial charge is 0.174 e. The van der Waals surface area contributed by atoms with E-state index < -0.39 is 0 Å². The Kier molecular flexibility index (Phi) is 7.81. The van der Waals surface area contributed by atoms with Gasteiger partial charge < -0.3 is 14.8 Å². The van der Waals surface area contributed by atoms with Gasteiger partial charge in [0.15, 0.2) is 11.5 Å². The zero-order valence-corrected chi connectivity index (χ0v) is 12.2. The van der Waals surface area contributed by atoms with Crippen molar-refractivity contribution in [3.63, 3.8) is 0 Å². The Bertz CT molecular complexity index is 404. The van der Waals surface area contributed by atoms with Gasteiger partial charge in [-0.2, -0.15) is 0 Å². The zero-order valence-electron chi connectivity index (χ0n) is 9.75. The molecular weight excluding hydrogens is 305 g/mol. The van der Waals surface area contributed by atoms with Crippen LogP contribution >= 0.6 is 28.3 Å². The van der Waals surface area contributed by atoms with E-state index >= 15 is 0 Å². The average molecular weight is 321 g/mol. The molecule has 0 aromatic heterocycles. The first kappa shape index (κ1) is 16.1. The summed E-state index contributed by atoms with van der Waals surface area (Å²) in [5, 5.41) is 3.11. The Morgan fingerprint density at radius 3 is 2.59 bits per heavy atom. The van der Waals surface area contributed by atoms with Crippen LogP contribution in [0, 0.1) is 12.3 Å². The van der Waals surface area contributed by atoms with Gasteiger partial charge in [-0.05, 0) is 33.6 Å². The lowest BCUT2D eigenvalue weighted by molar-refractivity contribution is 0.352. The fraction of sp³-hybridized carbons (Fsp3) is 0.333. The lowest BCUT2D eigenvalue weighted by Gasteiger charge is -2.12. The van der Waals surface area contributed by atoms with Crippen LogP contribution in [-0.2, 0) is 6.54 Å². The summed E-state index contributed by atoms with van der Waals surface area (Å²) in [6.45, 7) is 1.25. The van der Waals surface area contributed by atoms with E-state index in [9.17, 15) is 0 Å². The second kappa shape index (κ2) is 8.24. The summed E-state index contributed by atoms with van der Waals surface area (Å²) in [6, 6.07) is 3.90. The molecule has 0 atom stereocenters. The third-order valence-electron chi connectivity index (χ3n) is 2.05. The molecule has 0 bridgehead atoms. The molecule has 0 saturated heterocycles. The molecule has 17 heavy (non-hydrogen) atoms. The quantitative estimate of drug-likeness (QED) is 0.668. The first-order chi connectivity index (χ1) is 7.72. The Morgan fingerprint density at radius 2 is 2.06 bits per heavy atom.